The number of rotatable bonds is 8. The van der Waals surface area contributed by atoms with Crippen LogP contribution in [0.3, 0.4) is 0 Å². The van der Waals surface area contributed by atoms with E-state index in [9.17, 15) is 13.2 Å². The number of aryl methyl sites for hydroxylation is 2. The van der Waals surface area contributed by atoms with Gasteiger partial charge in [0.1, 0.15) is 11.5 Å². The molecule has 0 aliphatic carbocycles. The Balaban J connectivity index is 1.61. The molecule has 3 aromatic rings. The van der Waals surface area contributed by atoms with Crippen molar-refractivity contribution in [3.05, 3.63) is 75.2 Å². The Morgan fingerprint density at radius 3 is 2.24 bits per heavy atom. The number of hydrogen-bond acceptors (Lipinski definition) is 5. The van der Waals surface area contributed by atoms with Gasteiger partial charge in [-0.2, -0.15) is 0 Å². The van der Waals surface area contributed by atoms with E-state index in [4.69, 9.17) is 21.1 Å². The zero-order valence-electron chi connectivity index (χ0n) is 18.1. The Bertz CT molecular complexity index is 1260. The van der Waals surface area contributed by atoms with Crippen molar-refractivity contribution in [2.75, 3.05) is 23.8 Å². The maximum Gasteiger partial charge on any atom is 0.262 e. The Morgan fingerprint density at radius 2 is 1.67 bits per heavy atom. The summed E-state index contributed by atoms with van der Waals surface area (Å²) in [6.45, 7) is 3.59. The number of methoxy groups -OCH3 is 1. The highest BCUT2D eigenvalue weighted by Crippen LogP contribution is 2.29. The molecule has 0 saturated carbocycles. The maximum atomic E-state index is 12.6. The van der Waals surface area contributed by atoms with Gasteiger partial charge in [0.05, 0.1) is 22.7 Å². The third kappa shape index (κ3) is 6.40. The van der Waals surface area contributed by atoms with E-state index >= 15 is 0 Å². The quantitative estimate of drug-likeness (QED) is 0.382. The first-order valence-electron chi connectivity index (χ1n) is 9.75. The predicted octanol–water partition coefficient (Wildman–Crippen LogP) is 5.55. The average Bonchev–Trinajstić information content (AvgIpc) is 2.75. The SMILES string of the molecule is COc1ccc(NS(=O)(=O)c2ccc(OCC(=O)Nc3c(C)cc(Br)cc3C)cc2)cc1Cl. The zero-order valence-corrected chi connectivity index (χ0v) is 21.3. The molecular formula is C23H22BrClN2O5S. The van der Waals surface area contributed by atoms with E-state index in [0.29, 0.717) is 17.2 Å². The number of ether oxygens (including phenoxy) is 2. The van der Waals surface area contributed by atoms with Gasteiger partial charge in [-0.25, -0.2) is 8.42 Å². The molecule has 0 aromatic heterocycles. The van der Waals surface area contributed by atoms with Crippen molar-refractivity contribution in [1.82, 2.24) is 0 Å². The topological polar surface area (TPSA) is 93.7 Å². The molecule has 0 unspecified atom stereocenters. The molecule has 0 saturated heterocycles. The fraction of sp³-hybridized carbons (Fsp3) is 0.174. The Hall–Kier alpha value is -2.75. The predicted molar refractivity (Wildman–Crippen MR) is 133 cm³/mol. The number of carbonyl (C=O) groups is 1. The van der Waals surface area contributed by atoms with Crippen molar-refractivity contribution in [3.63, 3.8) is 0 Å². The molecule has 0 radical (unpaired) electrons. The summed E-state index contributed by atoms with van der Waals surface area (Å²) in [5, 5.41) is 3.13. The lowest BCUT2D eigenvalue weighted by Crippen LogP contribution is -2.21. The Kier molecular flexibility index (Phi) is 7.88. The summed E-state index contributed by atoms with van der Waals surface area (Å²) < 4.78 is 39.2. The molecule has 0 aliphatic heterocycles. The molecule has 10 heteroatoms. The van der Waals surface area contributed by atoms with Crippen molar-refractivity contribution in [2.45, 2.75) is 18.7 Å². The maximum absolute atomic E-state index is 12.6. The van der Waals surface area contributed by atoms with Crippen molar-refractivity contribution in [1.29, 1.82) is 0 Å². The third-order valence-electron chi connectivity index (χ3n) is 4.67. The minimum Gasteiger partial charge on any atom is -0.495 e. The Morgan fingerprint density at radius 1 is 1.03 bits per heavy atom. The van der Waals surface area contributed by atoms with E-state index in [1.807, 2.05) is 26.0 Å². The van der Waals surface area contributed by atoms with Crippen LogP contribution in [-0.2, 0) is 14.8 Å². The first-order valence-corrected chi connectivity index (χ1v) is 12.4. The molecule has 33 heavy (non-hydrogen) atoms. The van der Waals surface area contributed by atoms with E-state index in [-0.39, 0.29) is 22.4 Å². The number of nitrogens with one attached hydrogen (secondary N) is 2. The molecule has 7 nitrogen and oxygen atoms in total. The van der Waals surface area contributed by atoms with E-state index in [0.717, 1.165) is 21.3 Å². The highest BCUT2D eigenvalue weighted by molar-refractivity contribution is 9.10. The smallest absolute Gasteiger partial charge is 0.262 e. The lowest BCUT2D eigenvalue weighted by atomic mass is 10.1. The van der Waals surface area contributed by atoms with Crippen molar-refractivity contribution >= 4 is 54.8 Å². The van der Waals surface area contributed by atoms with Gasteiger partial charge < -0.3 is 14.8 Å². The average molecular weight is 554 g/mol. The summed E-state index contributed by atoms with van der Waals surface area (Å²) >= 11 is 9.48. The number of hydrogen-bond donors (Lipinski definition) is 2. The fourth-order valence-electron chi connectivity index (χ4n) is 3.09. The van der Waals surface area contributed by atoms with Crippen LogP contribution in [0.4, 0.5) is 11.4 Å². The summed E-state index contributed by atoms with van der Waals surface area (Å²) in [6.07, 6.45) is 0. The van der Waals surface area contributed by atoms with Gasteiger partial charge in [0.25, 0.3) is 15.9 Å². The third-order valence-corrected chi connectivity index (χ3v) is 6.82. The minimum absolute atomic E-state index is 0.0346. The summed E-state index contributed by atoms with van der Waals surface area (Å²) in [4.78, 5) is 12.3. The number of halogens is 2. The molecule has 3 rings (SSSR count). The summed E-state index contributed by atoms with van der Waals surface area (Å²) in [5.41, 5.74) is 2.89. The second-order valence-electron chi connectivity index (χ2n) is 7.18. The second kappa shape index (κ2) is 10.5. The first-order chi connectivity index (χ1) is 15.6. The van der Waals surface area contributed by atoms with E-state index in [1.165, 1.54) is 37.4 Å². The van der Waals surface area contributed by atoms with E-state index in [1.54, 1.807) is 12.1 Å². The van der Waals surface area contributed by atoms with Gasteiger partial charge in [-0.3, -0.25) is 9.52 Å². The Labute approximate surface area is 206 Å². The molecule has 0 heterocycles. The van der Waals surface area contributed by atoms with Gasteiger partial charge in [0.15, 0.2) is 6.61 Å². The van der Waals surface area contributed by atoms with Gasteiger partial charge in [-0.05, 0) is 79.6 Å². The number of carbonyl (C=O) groups excluding carboxylic acids is 1. The van der Waals surface area contributed by atoms with Gasteiger partial charge in [-0.1, -0.05) is 27.5 Å². The number of sulfonamides is 1. The van der Waals surface area contributed by atoms with Crippen LogP contribution in [0.15, 0.2) is 64.0 Å². The van der Waals surface area contributed by atoms with Crippen LogP contribution in [-0.4, -0.2) is 28.0 Å². The van der Waals surface area contributed by atoms with Gasteiger partial charge in [-0.15, -0.1) is 0 Å². The molecular weight excluding hydrogens is 532 g/mol. The molecule has 174 valence electrons. The van der Waals surface area contributed by atoms with Gasteiger partial charge in [0.2, 0.25) is 0 Å². The summed E-state index contributed by atoms with van der Waals surface area (Å²) in [6, 6.07) is 14.2. The van der Waals surface area contributed by atoms with Crippen LogP contribution in [0.1, 0.15) is 11.1 Å². The van der Waals surface area contributed by atoms with Crippen molar-refractivity contribution in [2.24, 2.45) is 0 Å². The second-order valence-corrected chi connectivity index (χ2v) is 10.2. The monoisotopic (exact) mass is 552 g/mol. The normalized spacial score (nSPS) is 11.1. The van der Waals surface area contributed by atoms with Crippen LogP contribution >= 0.6 is 27.5 Å². The first kappa shape index (κ1) is 24.9. The molecule has 0 spiro atoms. The molecule has 0 aliphatic rings. The van der Waals surface area contributed by atoms with Crippen LogP contribution in [0, 0.1) is 13.8 Å². The molecule has 3 aromatic carbocycles. The van der Waals surface area contributed by atoms with Crippen LogP contribution in [0.5, 0.6) is 11.5 Å². The molecule has 0 atom stereocenters. The number of amides is 1. The number of benzene rings is 3. The largest absolute Gasteiger partial charge is 0.495 e. The summed E-state index contributed by atoms with van der Waals surface area (Å²) in [7, 11) is -2.37. The molecule has 2 N–H and O–H groups in total. The summed E-state index contributed by atoms with van der Waals surface area (Å²) in [5.74, 6) is 0.481. The number of anilines is 2. The van der Waals surface area contributed by atoms with Gasteiger partial charge >= 0.3 is 0 Å². The highest BCUT2D eigenvalue weighted by Gasteiger charge is 2.16. The van der Waals surface area contributed by atoms with E-state index in [2.05, 4.69) is 26.0 Å². The highest BCUT2D eigenvalue weighted by atomic mass is 79.9. The van der Waals surface area contributed by atoms with Crippen LogP contribution < -0.4 is 19.5 Å². The zero-order chi connectivity index (χ0) is 24.2. The molecule has 1 amide bonds. The lowest BCUT2D eigenvalue weighted by Gasteiger charge is -2.13. The van der Waals surface area contributed by atoms with Crippen LogP contribution in [0.25, 0.3) is 0 Å². The standard InChI is InChI=1S/C23H22BrClN2O5S/c1-14-10-16(24)11-15(2)23(14)26-22(28)13-32-18-5-7-19(8-6-18)33(29,30)27-17-4-9-21(31-3)20(25)12-17/h4-12,27H,13H2,1-3H3,(H,26,28). The van der Waals surface area contributed by atoms with Crippen molar-refractivity contribution < 1.29 is 22.7 Å². The van der Waals surface area contributed by atoms with Crippen LogP contribution in [0.2, 0.25) is 5.02 Å². The van der Waals surface area contributed by atoms with Crippen molar-refractivity contribution in [3.8, 4) is 11.5 Å². The molecule has 0 fully saturated rings. The molecule has 0 bridgehead atoms. The fourth-order valence-corrected chi connectivity index (χ4v) is 5.09. The lowest BCUT2D eigenvalue weighted by molar-refractivity contribution is -0.118. The van der Waals surface area contributed by atoms with E-state index < -0.39 is 10.0 Å². The van der Waals surface area contributed by atoms with Gasteiger partial charge in [0, 0.05) is 10.2 Å². The minimum atomic E-state index is -3.84.